The van der Waals surface area contributed by atoms with Crippen LogP contribution in [0.1, 0.15) is 68.0 Å². The molecule has 1 N–H and O–H groups in total. The summed E-state index contributed by atoms with van der Waals surface area (Å²) in [6.45, 7) is 16.3. The van der Waals surface area contributed by atoms with Crippen LogP contribution in [0.2, 0.25) is 0 Å². The molecule has 2 nitrogen and oxygen atoms in total. The maximum atomic E-state index is 9.23. The smallest absolute Gasteiger partial charge is 0.0777 e. The van der Waals surface area contributed by atoms with Gasteiger partial charge in [-0.3, -0.25) is 0 Å². The molecule has 0 amide bonds. The maximum Gasteiger partial charge on any atom is 0.0777 e. The zero-order valence-electron chi connectivity index (χ0n) is 20.1. The van der Waals surface area contributed by atoms with Gasteiger partial charge in [0.1, 0.15) is 0 Å². The summed E-state index contributed by atoms with van der Waals surface area (Å²) >= 11 is 1.67. The van der Waals surface area contributed by atoms with Gasteiger partial charge in [0.25, 0.3) is 0 Å². The Labute approximate surface area is 205 Å². The second-order valence-corrected chi connectivity index (χ2v) is 6.52. The van der Waals surface area contributed by atoms with E-state index in [0.717, 1.165) is 4.88 Å². The predicted octanol–water partition coefficient (Wildman–Crippen LogP) is 7.28. The summed E-state index contributed by atoms with van der Waals surface area (Å²) in [7, 11) is 6.00. The second-order valence-electron chi connectivity index (χ2n) is 5.38. The van der Waals surface area contributed by atoms with E-state index in [1.807, 2.05) is 85.8 Å². The molecule has 4 heteroatoms. The quantitative estimate of drug-likeness (QED) is 0.497. The van der Waals surface area contributed by atoms with Crippen molar-refractivity contribution in [3.63, 3.8) is 0 Å². The summed E-state index contributed by atoms with van der Waals surface area (Å²) in [4.78, 5) is 4.30. The van der Waals surface area contributed by atoms with E-state index in [9.17, 15) is 5.11 Å². The first-order valence-corrected chi connectivity index (χ1v) is 10.8. The van der Waals surface area contributed by atoms with Crippen LogP contribution in [0.25, 0.3) is 12.2 Å². The molecule has 2 aromatic rings. The van der Waals surface area contributed by atoms with Gasteiger partial charge in [-0.1, -0.05) is 78.0 Å². The van der Waals surface area contributed by atoms with Gasteiger partial charge in [0.15, 0.2) is 0 Å². The molecule has 159 valence electrons. The molecule has 0 bridgehead atoms. The number of thiophene rings is 1. The van der Waals surface area contributed by atoms with E-state index in [2.05, 4.69) is 38.1 Å². The Hall–Kier alpha value is -0.316. The monoisotopic (exact) mass is 482 g/mol. The first-order valence-electron chi connectivity index (χ1n) is 9.99. The van der Waals surface area contributed by atoms with Gasteiger partial charge < -0.3 is 10.0 Å². The summed E-state index contributed by atoms with van der Waals surface area (Å²) in [5.74, 6) is 0. The van der Waals surface area contributed by atoms with Gasteiger partial charge in [-0.2, -0.15) is 0 Å². The molecule has 1 aromatic heterocycles. The van der Waals surface area contributed by atoms with Crippen molar-refractivity contribution in [3.8, 4) is 0 Å². The molecule has 0 aliphatic heterocycles. The van der Waals surface area contributed by atoms with Crippen molar-refractivity contribution in [2.75, 3.05) is 21.1 Å². The minimum Gasteiger partial charge on any atom is -0.391 e. The number of hydrogen-bond donors (Lipinski definition) is 1. The van der Waals surface area contributed by atoms with Gasteiger partial charge in [0, 0.05) is 42.5 Å². The molecule has 2 rings (SSSR count). The molecule has 1 heterocycles. The van der Waals surface area contributed by atoms with E-state index in [-0.39, 0.29) is 39.3 Å². The van der Waals surface area contributed by atoms with Crippen LogP contribution >= 0.6 is 11.3 Å². The van der Waals surface area contributed by atoms with E-state index in [4.69, 9.17) is 0 Å². The van der Waals surface area contributed by atoms with Gasteiger partial charge in [-0.05, 0) is 57.8 Å². The fourth-order valence-corrected chi connectivity index (χ4v) is 2.80. The third-order valence-electron chi connectivity index (χ3n) is 2.95. The standard InChI is InChI=1S/C15H16OS.C3H9N.3C2H6.Y/c1-11-12(2)15(10-16)17-14(11)9-8-13-6-4-3-5-7-13;1-4(2)3;3*1-2;/h3-9,16H,10H2,1-2H3;1-3H3;3*1-2H3;/b9-8+;;;;;. The van der Waals surface area contributed by atoms with Crippen LogP contribution in [0.3, 0.4) is 0 Å². The third-order valence-corrected chi connectivity index (χ3v) is 4.30. The normalized spacial score (nSPS) is 8.75. The Morgan fingerprint density at radius 1 is 0.821 bits per heavy atom. The molecular weight excluding hydrogens is 439 g/mol. The van der Waals surface area contributed by atoms with Crippen LogP contribution < -0.4 is 0 Å². The van der Waals surface area contributed by atoms with Crippen LogP contribution in [-0.4, -0.2) is 31.1 Å². The summed E-state index contributed by atoms with van der Waals surface area (Å²) in [6, 6.07) is 10.2. The van der Waals surface area contributed by atoms with Crippen LogP contribution in [0, 0.1) is 13.8 Å². The largest absolute Gasteiger partial charge is 0.391 e. The SMILES string of the molecule is CC.CC.CC.CN(C)C.Cc1c(/C=C/c2ccccc2)sc(CO)c1C.[Y]. The number of aliphatic hydroxyl groups is 1. The average Bonchev–Trinajstić information content (AvgIpc) is 2.99. The van der Waals surface area contributed by atoms with Crippen molar-refractivity contribution in [3.05, 3.63) is 56.8 Å². The van der Waals surface area contributed by atoms with E-state index < -0.39 is 0 Å². The number of hydrogen-bond acceptors (Lipinski definition) is 3. The average molecular weight is 483 g/mol. The van der Waals surface area contributed by atoms with Crippen LogP contribution in [-0.2, 0) is 39.3 Å². The van der Waals surface area contributed by atoms with Gasteiger partial charge >= 0.3 is 0 Å². The summed E-state index contributed by atoms with van der Waals surface area (Å²) in [5, 5.41) is 9.23. The second kappa shape index (κ2) is 24.7. The molecule has 28 heavy (non-hydrogen) atoms. The van der Waals surface area contributed by atoms with E-state index in [1.165, 1.54) is 21.6 Å². The van der Waals surface area contributed by atoms with Crippen LogP contribution in [0.4, 0.5) is 0 Å². The van der Waals surface area contributed by atoms with Crippen molar-refractivity contribution in [1.82, 2.24) is 4.90 Å². The molecule has 0 atom stereocenters. The van der Waals surface area contributed by atoms with E-state index in [0.29, 0.717) is 0 Å². The fraction of sp³-hybridized carbons (Fsp3) is 0.500. The Morgan fingerprint density at radius 2 is 1.25 bits per heavy atom. The van der Waals surface area contributed by atoms with Crippen molar-refractivity contribution in [1.29, 1.82) is 0 Å². The third kappa shape index (κ3) is 16.6. The first-order chi connectivity index (χ1) is 13.0. The summed E-state index contributed by atoms with van der Waals surface area (Å²) in [5.41, 5.74) is 3.68. The molecule has 0 fully saturated rings. The first kappa shape index (κ1) is 35.1. The zero-order valence-corrected chi connectivity index (χ0v) is 23.8. The summed E-state index contributed by atoms with van der Waals surface area (Å²) in [6.07, 6.45) is 4.24. The Morgan fingerprint density at radius 3 is 1.61 bits per heavy atom. The molecule has 1 aromatic carbocycles. The van der Waals surface area contributed by atoms with E-state index >= 15 is 0 Å². The molecular formula is C24H43NOSY. The Bertz CT molecular complexity index is 575. The van der Waals surface area contributed by atoms with Gasteiger partial charge in [0.05, 0.1) is 6.61 Å². The Kier molecular flexibility index (Phi) is 31.0. The van der Waals surface area contributed by atoms with E-state index in [1.54, 1.807) is 11.3 Å². The fourth-order valence-electron chi connectivity index (χ4n) is 1.73. The minimum absolute atomic E-state index is 0. The molecule has 0 spiro atoms. The molecule has 0 unspecified atom stereocenters. The van der Waals surface area contributed by atoms with Crippen molar-refractivity contribution >= 4 is 23.5 Å². The molecule has 1 radical (unpaired) electrons. The molecule has 0 saturated carbocycles. The molecule has 0 aliphatic carbocycles. The maximum absolute atomic E-state index is 9.23. The zero-order chi connectivity index (χ0) is 21.8. The van der Waals surface area contributed by atoms with Crippen LogP contribution in [0.15, 0.2) is 30.3 Å². The number of rotatable bonds is 3. The topological polar surface area (TPSA) is 23.5 Å². The van der Waals surface area contributed by atoms with Gasteiger partial charge in [-0.15, -0.1) is 11.3 Å². The molecule has 0 saturated heterocycles. The van der Waals surface area contributed by atoms with Crippen molar-refractivity contribution in [2.45, 2.75) is 62.0 Å². The number of aliphatic hydroxyl groups excluding tert-OH is 1. The van der Waals surface area contributed by atoms with Crippen molar-refractivity contribution < 1.29 is 37.8 Å². The molecule has 0 aliphatic rings. The minimum atomic E-state index is 0. The number of nitrogens with zero attached hydrogens (tertiary/aromatic N) is 1. The number of benzene rings is 1. The van der Waals surface area contributed by atoms with Gasteiger partial charge in [-0.25, -0.2) is 0 Å². The van der Waals surface area contributed by atoms with Crippen LogP contribution in [0.5, 0.6) is 0 Å². The Balaban J connectivity index is -0.000000225. The van der Waals surface area contributed by atoms with Gasteiger partial charge in [0.2, 0.25) is 0 Å². The summed E-state index contributed by atoms with van der Waals surface area (Å²) < 4.78 is 0. The predicted molar refractivity (Wildman–Crippen MR) is 129 cm³/mol. The van der Waals surface area contributed by atoms with Crippen molar-refractivity contribution in [2.24, 2.45) is 0 Å².